The quantitative estimate of drug-likeness (QED) is 0.820. The van der Waals surface area contributed by atoms with Gasteiger partial charge in [0.05, 0.1) is 5.92 Å². The highest BCUT2D eigenvalue weighted by Crippen LogP contribution is 2.22. The number of hydrogen-bond donors (Lipinski definition) is 1. The highest BCUT2D eigenvalue weighted by atomic mass is 32.2. The predicted molar refractivity (Wildman–Crippen MR) is 80.1 cm³/mol. The van der Waals surface area contributed by atoms with Gasteiger partial charge >= 0.3 is 0 Å². The van der Waals surface area contributed by atoms with Crippen LogP contribution in [0.15, 0.2) is 29.2 Å². The van der Waals surface area contributed by atoms with E-state index in [4.69, 9.17) is 5.73 Å². The molecule has 2 amide bonds. The summed E-state index contributed by atoms with van der Waals surface area (Å²) in [7, 11) is -4.12. The summed E-state index contributed by atoms with van der Waals surface area (Å²) in [4.78, 5) is 24.0. The van der Waals surface area contributed by atoms with Gasteiger partial charge in [-0.2, -0.15) is 4.31 Å². The van der Waals surface area contributed by atoms with Crippen molar-refractivity contribution in [2.45, 2.75) is 11.8 Å². The molecule has 126 valence electrons. The first-order valence-electron chi connectivity index (χ1n) is 7.03. The van der Waals surface area contributed by atoms with E-state index in [9.17, 15) is 22.4 Å². The molecule has 1 aromatic carbocycles. The first-order chi connectivity index (χ1) is 10.7. The SMILES string of the molecule is CC(=O)N1CCN(S(=O)(=O)c2ccccc2F)C[C@H](C(N)=O)C1. The average molecular weight is 343 g/mol. The lowest BCUT2D eigenvalue weighted by Crippen LogP contribution is -2.41. The molecule has 0 saturated carbocycles. The van der Waals surface area contributed by atoms with Gasteiger partial charge in [0, 0.05) is 33.1 Å². The van der Waals surface area contributed by atoms with Gasteiger partial charge in [-0.15, -0.1) is 0 Å². The number of carbonyl (C=O) groups is 2. The molecule has 0 spiro atoms. The summed E-state index contributed by atoms with van der Waals surface area (Å²) in [5.41, 5.74) is 5.30. The summed E-state index contributed by atoms with van der Waals surface area (Å²) >= 11 is 0. The van der Waals surface area contributed by atoms with Crippen LogP contribution in [0.3, 0.4) is 0 Å². The molecule has 1 aliphatic rings. The predicted octanol–water partition coefficient (Wildman–Crippen LogP) is -0.220. The molecule has 1 fully saturated rings. The Bertz CT molecular complexity index is 722. The minimum Gasteiger partial charge on any atom is -0.369 e. The second-order valence-electron chi connectivity index (χ2n) is 5.36. The Balaban J connectivity index is 2.36. The molecule has 1 heterocycles. The maximum atomic E-state index is 13.8. The van der Waals surface area contributed by atoms with Crippen LogP contribution in [0, 0.1) is 11.7 Å². The third kappa shape index (κ3) is 3.67. The molecule has 0 aliphatic carbocycles. The van der Waals surface area contributed by atoms with Crippen molar-refractivity contribution in [2.75, 3.05) is 26.2 Å². The van der Waals surface area contributed by atoms with Gasteiger partial charge in [0.2, 0.25) is 21.8 Å². The summed E-state index contributed by atoms with van der Waals surface area (Å²) in [6.45, 7) is 1.29. The smallest absolute Gasteiger partial charge is 0.246 e. The Labute approximate surface area is 133 Å². The molecule has 7 nitrogen and oxygen atoms in total. The van der Waals surface area contributed by atoms with Crippen LogP contribution in [0.5, 0.6) is 0 Å². The van der Waals surface area contributed by atoms with Gasteiger partial charge in [0.15, 0.2) is 0 Å². The number of rotatable bonds is 3. The number of halogens is 1. The van der Waals surface area contributed by atoms with Crippen molar-refractivity contribution in [3.05, 3.63) is 30.1 Å². The molecule has 9 heteroatoms. The number of nitrogens with zero attached hydrogens (tertiary/aromatic N) is 2. The van der Waals surface area contributed by atoms with E-state index in [2.05, 4.69) is 0 Å². The van der Waals surface area contributed by atoms with Crippen LogP contribution in [0.2, 0.25) is 0 Å². The van der Waals surface area contributed by atoms with E-state index in [0.29, 0.717) is 0 Å². The maximum Gasteiger partial charge on any atom is 0.246 e. The van der Waals surface area contributed by atoms with Crippen molar-refractivity contribution >= 4 is 21.8 Å². The molecule has 1 atom stereocenters. The first kappa shape index (κ1) is 17.4. The monoisotopic (exact) mass is 343 g/mol. The second-order valence-corrected chi connectivity index (χ2v) is 7.26. The zero-order valence-corrected chi connectivity index (χ0v) is 13.4. The minimum absolute atomic E-state index is 0.0278. The Hall–Kier alpha value is -2.00. The zero-order valence-electron chi connectivity index (χ0n) is 12.6. The van der Waals surface area contributed by atoms with Crippen molar-refractivity contribution in [2.24, 2.45) is 11.7 Å². The van der Waals surface area contributed by atoms with Crippen molar-refractivity contribution in [1.82, 2.24) is 9.21 Å². The van der Waals surface area contributed by atoms with E-state index in [0.717, 1.165) is 16.4 Å². The fourth-order valence-corrected chi connectivity index (χ4v) is 4.00. The molecule has 23 heavy (non-hydrogen) atoms. The van der Waals surface area contributed by atoms with Crippen LogP contribution in [-0.4, -0.2) is 55.6 Å². The highest BCUT2D eigenvalue weighted by Gasteiger charge is 2.35. The second kappa shape index (κ2) is 6.63. The standard InChI is InChI=1S/C14H18FN3O4S/c1-10(19)17-6-7-18(9-11(8-17)14(16)20)23(21,22)13-5-3-2-4-12(13)15/h2-5,11H,6-9H2,1H3,(H2,16,20)/t11-/m1/s1. The van der Waals surface area contributed by atoms with E-state index in [-0.39, 0.29) is 32.1 Å². The summed E-state index contributed by atoms with van der Waals surface area (Å²) in [5.74, 6) is -2.69. The molecule has 1 saturated heterocycles. The van der Waals surface area contributed by atoms with Crippen LogP contribution < -0.4 is 5.73 Å². The average Bonchev–Trinajstić information content (AvgIpc) is 2.71. The van der Waals surface area contributed by atoms with Gasteiger partial charge in [-0.1, -0.05) is 12.1 Å². The largest absolute Gasteiger partial charge is 0.369 e. The Morgan fingerprint density at radius 2 is 1.87 bits per heavy atom. The molecular weight excluding hydrogens is 325 g/mol. The Morgan fingerprint density at radius 1 is 1.22 bits per heavy atom. The minimum atomic E-state index is -4.12. The van der Waals surface area contributed by atoms with Crippen molar-refractivity contribution in [3.8, 4) is 0 Å². The first-order valence-corrected chi connectivity index (χ1v) is 8.47. The Morgan fingerprint density at radius 3 is 2.43 bits per heavy atom. The molecule has 1 aromatic rings. The summed E-state index contributed by atoms with van der Waals surface area (Å²) in [6.07, 6.45) is 0. The van der Waals surface area contributed by atoms with Crippen LogP contribution in [-0.2, 0) is 19.6 Å². The summed E-state index contributed by atoms with van der Waals surface area (Å²) in [5, 5.41) is 0. The molecule has 0 bridgehead atoms. The van der Waals surface area contributed by atoms with Gasteiger partial charge in [0.25, 0.3) is 0 Å². The Kier molecular flexibility index (Phi) is 5.00. The highest BCUT2D eigenvalue weighted by molar-refractivity contribution is 7.89. The zero-order chi connectivity index (χ0) is 17.2. The van der Waals surface area contributed by atoms with E-state index in [1.165, 1.54) is 24.0 Å². The maximum absolute atomic E-state index is 13.8. The molecule has 0 aromatic heterocycles. The number of benzene rings is 1. The van der Waals surface area contributed by atoms with E-state index < -0.39 is 32.6 Å². The third-order valence-electron chi connectivity index (χ3n) is 3.79. The molecule has 1 aliphatic heterocycles. The topological polar surface area (TPSA) is 101 Å². The number of amides is 2. The van der Waals surface area contributed by atoms with Crippen LogP contribution in [0.1, 0.15) is 6.92 Å². The van der Waals surface area contributed by atoms with Gasteiger partial charge in [-0.25, -0.2) is 12.8 Å². The van der Waals surface area contributed by atoms with Crippen molar-refractivity contribution in [1.29, 1.82) is 0 Å². The molecule has 2 rings (SSSR count). The van der Waals surface area contributed by atoms with E-state index in [1.807, 2.05) is 0 Å². The molecule has 0 radical (unpaired) electrons. The van der Waals surface area contributed by atoms with Gasteiger partial charge < -0.3 is 10.6 Å². The normalized spacial score (nSPS) is 20.1. The van der Waals surface area contributed by atoms with Gasteiger partial charge in [-0.05, 0) is 12.1 Å². The molecule has 0 unspecified atom stereocenters. The number of sulfonamides is 1. The lowest BCUT2D eigenvalue weighted by Gasteiger charge is -2.22. The van der Waals surface area contributed by atoms with Crippen LogP contribution in [0.4, 0.5) is 4.39 Å². The fraction of sp³-hybridized carbons (Fsp3) is 0.429. The van der Waals surface area contributed by atoms with E-state index in [1.54, 1.807) is 0 Å². The van der Waals surface area contributed by atoms with Crippen molar-refractivity contribution < 1.29 is 22.4 Å². The number of nitrogens with two attached hydrogens (primary N) is 1. The van der Waals surface area contributed by atoms with Crippen molar-refractivity contribution in [3.63, 3.8) is 0 Å². The van der Waals surface area contributed by atoms with Crippen LogP contribution in [0.25, 0.3) is 0 Å². The van der Waals surface area contributed by atoms with Gasteiger partial charge in [0.1, 0.15) is 10.7 Å². The number of hydrogen-bond acceptors (Lipinski definition) is 4. The fourth-order valence-electron chi connectivity index (χ4n) is 2.46. The number of primary amides is 1. The molecule has 2 N–H and O–H groups in total. The van der Waals surface area contributed by atoms with Gasteiger partial charge in [-0.3, -0.25) is 9.59 Å². The lowest BCUT2D eigenvalue weighted by atomic mass is 10.1. The third-order valence-corrected chi connectivity index (χ3v) is 5.68. The number of carbonyl (C=O) groups excluding carboxylic acids is 2. The molecular formula is C14H18FN3O4S. The summed E-state index contributed by atoms with van der Waals surface area (Å²) in [6, 6.07) is 5.03. The lowest BCUT2D eigenvalue weighted by molar-refractivity contribution is -0.130. The van der Waals surface area contributed by atoms with Crippen LogP contribution >= 0.6 is 0 Å². The summed E-state index contributed by atoms with van der Waals surface area (Å²) < 4.78 is 40.1. The van der Waals surface area contributed by atoms with E-state index >= 15 is 0 Å².